The van der Waals surface area contributed by atoms with E-state index in [0.717, 1.165) is 6.42 Å². The molecule has 38 heavy (non-hydrogen) atoms. The first-order valence-electron chi connectivity index (χ1n) is 11.5. The fourth-order valence-electron chi connectivity index (χ4n) is 2.32. The quantitative estimate of drug-likeness (QED) is 0.235. The van der Waals surface area contributed by atoms with Crippen molar-refractivity contribution in [1.29, 1.82) is 0 Å². The van der Waals surface area contributed by atoms with Gasteiger partial charge in [-0.05, 0) is 55.0 Å². The van der Waals surface area contributed by atoms with Gasteiger partial charge in [0.2, 0.25) is 0 Å². The molecule has 0 aromatic heterocycles. The predicted molar refractivity (Wildman–Crippen MR) is 134 cm³/mol. The average molecular weight is 539 g/mol. The summed E-state index contributed by atoms with van der Waals surface area (Å²) in [7, 11) is 1.31. The van der Waals surface area contributed by atoms with E-state index in [-0.39, 0.29) is 56.7 Å². The largest absolute Gasteiger partial charge is 0.465 e. The van der Waals surface area contributed by atoms with Crippen LogP contribution in [-0.4, -0.2) is 97.7 Å². The van der Waals surface area contributed by atoms with Gasteiger partial charge in [-0.1, -0.05) is 6.92 Å². The fourth-order valence-corrected chi connectivity index (χ4v) is 2.32. The Kier molecular flexibility index (Phi) is 19.1. The standard InChI is InChI=1S/C12H14O6.C12H14O4.C2H6O2/c13-5-7-17-11(15)9-1-2-10(4-3-9)12(16)18-8-6-14;1-3-8-16-12(14)10-6-4-9(5-7-10)11(13)15-2;3-1-2-4/h1-4,13-14H,5-8H2;4-7H,3,8H2,1-2H3;3-4H,1-2H2. The number of carbonyl (C=O) groups is 4. The first-order chi connectivity index (χ1) is 18.3. The third kappa shape index (κ3) is 14.0. The van der Waals surface area contributed by atoms with Gasteiger partial charge >= 0.3 is 23.9 Å². The van der Waals surface area contributed by atoms with Crippen LogP contribution in [0.4, 0.5) is 0 Å². The molecule has 0 amide bonds. The van der Waals surface area contributed by atoms with E-state index in [0.29, 0.717) is 17.7 Å². The van der Waals surface area contributed by atoms with E-state index in [1.165, 1.54) is 43.5 Å². The third-order valence-corrected chi connectivity index (χ3v) is 4.08. The molecule has 0 aliphatic heterocycles. The molecule has 0 fully saturated rings. The number of carbonyl (C=O) groups excluding carboxylic acids is 4. The van der Waals surface area contributed by atoms with Crippen LogP contribution in [0.1, 0.15) is 54.8 Å². The fraction of sp³-hybridized carbons (Fsp3) is 0.385. The topological polar surface area (TPSA) is 186 Å². The third-order valence-electron chi connectivity index (χ3n) is 4.08. The summed E-state index contributed by atoms with van der Waals surface area (Å²) in [6.45, 7) is 1.46. The van der Waals surface area contributed by atoms with Gasteiger partial charge in [-0.25, -0.2) is 19.2 Å². The predicted octanol–water partition coefficient (Wildman–Crippen LogP) is 0.996. The Balaban J connectivity index is 0.000000635. The Bertz CT molecular complexity index is 914. The van der Waals surface area contributed by atoms with Crippen LogP contribution >= 0.6 is 0 Å². The van der Waals surface area contributed by atoms with E-state index in [1.54, 1.807) is 12.1 Å². The Hall–Kier alpha value is -3.84. The minimum absolute atomic E-state index is 0.0703. The van der Waals surface area contributed by atoms with Crippen LogP contribution in [0.15, 0.2) is 48.5 Å². The van der Waals surface area contributed by atoms with Crippen LogP contribution in [0, 0.1) is 0 Å². The maximum Gasteiger partial charge on any atom is 0.338 e. The normalized spacial score (nSPS) is 9.53. The number of hydrogen-bond acceptors (Lipinski definition) is 12. The molecular weight excluding hydrogens is 504 g/mol. The number of aliphatic hydroxyl groups excluding tert-OH is 4. The highest BCUT2D eigenvalue weighted by molar-refractivity contribution is 5.94. The van der Waals surface area contributed by atoms with E-state index >= 15 is 0 Å². The van der Waals surface area contributed by atoms with Crippen LogP contribution in [0.3, 0.4) is 0 Å². The van der Waals surface area contributed by atoms with Gasteiger partial charge in [0.1, 0.15) is 13.2 Å². The number of esters is 4. The van der Waals surface area contributed by atoms with Gasteiger partial charge in [-0.2, -0.15) is 0 Å². The maximum absolute atomic E-state index is 11.4. The molecule has 0 bridgehead atoms. The van der Waals surface area contributed by atoms with Crippen molar-refractivity contribution < 1.29 is 58.6 Å². The molecule has 0 radical (unpaired) electrons. The molecule has 0 spiro atoms. The second-order valence-corrected chi connectivity index (χ2v) is 6.95. The number of hydrogen-bond donors (Lipinski definition) is 4. The molecule has 12 heteroatoms. The highest BCUT2D eigenvalue weighted by Crippen LogP contribution is 2.08. The molecule has 0 heterocycles. The summed E-state index contributed by atoms with van der Waals surface area (Å²) in [5.41, 5.74) is 1.40. The summed E-state index contributed by atoms with van der Waals surface area (Å²) in [4.78, 5) is 45.3. The molecule has 2 rings (SSSR count). The van der Waals surface area contributed by atoms with Gasteiger partial charge in [0, 0.05) is 0 Å². The molecular formula is C26H34O12. The molecule has 2 aromatic rings. The molecule has 0 aliphatic carbocycles. The molecule has 0 unspecified atom stereocenters. The highest BCUT2D eigenvalue weighted by Gasteiger charge is 2.11. The molecule has 0 saturated heterocycles. The van der Waals surface area contributed by atoms with Crippen LogP contribution in [-0.2, 0) is 18.9 Å². The lowest BCUT2D eigenvalue weighted by molar-refractivity contribution is 0.0422. The summed E-state index contributed by atoms with van der Waals surface area (Å²) in [5, 5.41) is 32.3. The van der Waals surface area contributed by atoms with E-state index < -0.39 is 17.9 Å². The summed E-state index contributed by atoms with van der Waals surface area (Å²) in [6.07, 6.45) is 0.784. The zero-order valence-corrected chi connectivity index (χ0v) is 21.3. The molecule has 210 valence electrons. The van der Waals surface area contributed by atoms with Crippen LogP contribution < -0.4 is 0 Å². The first-order valence-corrected chi connectivity index (χ1v) is 11.5. The van der Waals surface area contributed by atoms with Crippen molar-refractivity contribution >= 4 is 23.9 Å². The summed E-state index contributed by atoms with van der Waals surface area (Å²) in [5.74, 6) is -1.94. The van der Waals surface area contributed by atoms with Crippen LogP contribution in [0.2, 0.25) is 0 Å². The number of rotatable bonds is 11. The van der Waals surface area contributed by atoms with Crippen molar-refractivity contribution in [2.75, 3.05) is 53.4 Å². The lowest BCUT2D eigenvalue weighted by atomic mass is 10.1. The SMILES string of the molecule is CCCOC(=O)c1ccc(C(=O)OC)cc1.O=C(OCCO)c1ccc(C(=O)OCCO)cc1.OCCO. The van der Waals surface area contributed by atoms with Crippen molar-refractivity contribution in [2.24, 2.45) is 0 Å². The van der Waals surface area contributed by atoms with Crippen molar-refractivity contribution in [1.82, 2.24) is 0 Å². The Morgan fingerprint density at radius 3 is 1.05 bits per heavy atom. The van der Waals surface area contributed by atoms with Crippen LogP contribution in [0.25, 0.3) is 0 Å². The summed E-state index contributed by atoms with van der Waals surface area (Å²) in [6, 6.07) is 11.9. The minimum Gasteiger partial charge on any atom is -0.465 e. The second-order valence-electron chi connectivity index (χ2n) is 6.95. The molecule has 0 saturated carbocycles. The van der Waals surface area contributed by atoms with E-state index in [2.05, 4.69) is 4.74 Å². The highest BCUT2D eigenvalue weighted by atomic mass is 16.5. The zero-order valence-electron chi connectivity index (χ0n) is 21.3. The van der Waals surface area contributed by atoms with Crippen molar-refractivity contribution in [2.45, 2.75) is 13.3 Å². The van der Waals surface area contributed by atoms with Crippen LogP contribution in [0.5, 0.6) is 0 Å². The smallest absolute Gasteiger partial charge is 0.338 e. The molecule has 0 aliphatic rings. The van der Waals surface area contributed by atoms with Crippen molar-refractivity contribution in [3.8, 4) is 0 Å². The first kappa shape index (κ1) is 34.2. The average Bonchev–Trinajstić information content (AvgIpc) is 2.97. The lowest BCUT2D eigenvalue weighted by Crippen LogP contribution is -2.11. The lowest BCUT2D eigenvalue weighted by Gasteiger charge is -2.05. The van der Waals surface area contributed by atoms with Crippen molar-refractivity contribution in [3.05, 3.63) is 70.8 Å². The number of aliphatic hydroxyl groups is 4. The molecule has 0 atom stereocenters. The summed E-state index contributed by atoms with van der Waals surface area (Å²) >= 11 is 0. The number of ether oxygens (including phenoxy) is 4. The van der Waals surface area contributed by atoms with E-state index in [4.69, 9.17) is 34.6 Å². The van der Waals surface area contributed by atoms with Gasteiger partial charge in [-0.15, -0.1) is 0 Å². The monoisotopic (exact) mass is 538 g/mol. The zero-order chi connectivity index (χ0) is 28.8. The van der Waals surface area contributed by atoms with E-state index in [9.17, 15) is 19.2 Å². The Labute approximate surface area is 220 Å². The van der Waals surface area contributed by atoms with Gasteiger partial charge in [0.15, 0.2) is 0 Å². The van der Waals surface area contributed by atoms with Gasteiger partial charge in [0.25, 0.3) is 0 Å². The van der Waals surface area contributed by atoms with Gasteiger partial charge in [0.05, 0.1) is 62.4 Å². The summed E-state index contributed by atoms with van der Waals surface area (Å²) < 4.78 is 18.9. The Morgan fingerprint density at radius 1 is 0.526 bits per heavy atom. The molecule has 12 nitrogen and oxygen atoms in total. The van der Waals surface area contributed by atoms with Gasteiger partial charge < -0.3 is 39.4 Å². The second kappa shape index (κ2) is 21.3. The van der Waals surface area contributed by atoms with E-state index in [1.807, 2.05) is 6.92 Å². The molecule has 2 aromatic carbocycles. The number of benzene rings is 2. The van der Waals surface area contributed by atoms with Gasteiger partial charge in [-0.3, -0.25) is 0 Å². The molecule has 4 N–H and O–H groups in total. The Morgan fingerprint density at radius 2 is 0.816 bits per heavy atom. The van der Waals surface area contributed by atoms with Crippen molar-refractivity contribution in [3.63, 3.8) is 0 Å². The minimum atomic E-state index is -0.570. The number of methoxy groups -OCH3 is 1. The maximum atomic E-state index is 11.4.